The van der Waals surface area contributed by atoms with E-state index in [1.54, 1.807) is 0 Å². The number of hydrogen-bond donors (Lipinski definition) is 1. The van der Waals surface area contributed by atoms with E-state index in [4.69, 9.17) is 0 Å². The molecular formula is C16H20N2O4S. The monoisotopic (exact) mass is 336 g/mol. The first-order valence-corrected chi connectivity index (χ1v) is 8.68. The summed E-state index contributed by atoms with van der Waals surface area (Å²) in [4.78, 5) is 38.8. The minimum atomic E-state index is -0.936. The maximum atomic E-state index is 12.4. The molecule has 3 rings (SSSR count). The molecule has 1 N–H and O–H groups in total. The molecule has 0 bridgehead atoms. The summed E-state index contributed by atoms with van der Waals surface area (Å²) >= 11 is 1.50. The van der Waals surface area contributed by atoms with Crippen LogP contribution in [0.15, 0.2) is 16.8 Å². The molecule has 0 aromatic carbocycles. The Balaban J connectivity index is 1.67. The van der Waals surface area contributed by atoms with Crippen molar-refractivity contribution in [1.82, 2.24) is 9.80 Å². The summed E-state index contributed by atoms with van der Waals surface area (Å²) in [5.41, 5.74) is 0.548. The Morgan fingerprint density at radius 1 is 1.30 bits per heavy atom. The molecule has 2 aliphatic rings. The molecule has 1 aromatic heterocycles. The van der Waals surface area contributed by atoms with Crippen molar-refractivity contribution < 1.29 is 19.5 Å². The van der Waals surface area contributed by atoms with Crippen LogP contribution in [0, 0.1) is 5.41 Å². The number of amides is 2. The number of carboxylic acid groups (broad SMARTS) is 1. The summed E-state index contributed by atoms with van der Waals surface area (Å²) in [6.07, 6.45) is 1.98. The molecule has 6 nitrogen and oxygen atoms in total. The van der Waals surface area contributed by atoms with E-state index in [-0.39, 0.29) is 17.2 Å². The first-order chi connectivity index (χ1) is 10.9. The average molecular weight is 336 g/mol. The predicted octanol–water partition coefficient (Wildman–Crippen LogP) is 1.68. The van der Waals surface area contributed by atoms with E-state index in [0.29, 0.717) is 31.6 Å². The number of carboxylic acids is 1. The van der Waals surface area contributed by atoms with Gasteiger partial charge >= 0.3 is 5.97 Å². The molecule has 124 valence electrons. The molecule has 2 aliphatic heterocycles. The highest BCUT2D eigenvalue weighted by atomic mass is 32.1. The highest BCUT2D eigenvalue weighted by Gasteiger charge is 2.49. The maximum Gasteiger partial charge on any atom is 0.326 e. The van der Waals surface area contributed by atoms with Crippen LogP contribution in [0.25, 0.3) is 0 Å². The van der Waals surface area contributed by atoms with Crippen molar-refractivity contribution in [3.05, 3.63) is 22.4 Å². The number of rotatable bonds is 2. The topological polar surface area (TPSA) is 77.9 Å². The molecule has 2 amide bonds. The lowest BCUT2D eigenvalue weighted by atomic mass is 9.76. The predicted molar refractivity (Wildman–Crippen MR) is 85.3 cm³/mol. The number of nitrogens with zero attached hydrogens (tertiary/aromatic N) is 2. The van der Waals surface area contributed by atoms with E-state index in [1.807, 2.05) is 21.7 Å². The van der Waals surface area contributed by atoms with Crippen LogP contribution in [0.3, 0.4) is 0 Å². The van der Waals surface area contributed by atoms with Crippen molar-refractivity contribution in [1.29, 1.82) is 0 Å². The third kappa shape index (κ3) is 2.97. The van der Waals surface area contributed by atoms with Crippen LogP contribution in [-0.2, 0) is 9.59 Å². The van der Waals surface area contributed by atoms with Gasteiger partial charge in [0.05, 0.1) is 5.56 Å². The van der Waals surface area contributed by atoms with Crippen LogP contribution in [0.1, 0.15) is 36.5 Å². The average Bonchev–Trinajstić information content (AvgIpc) is 3.15. The van der Waals surface area contributed by atoms with E-state index in [2.05, 4.69) is 0 Å². The van der Waals surface area contributed by atoms with Crippen molar-refractivity contribution >= 4 is 29.1 Å². The summed E-state index contributed by atoms with van der Waals surface area (Å²) in [6, 6.07) is 1.09. The molecule has 23 heavy (non-hydrogen) atoms. The number of piperidine rings is 1. The molecule has 1 spiro atoms. The van der Waals surface area contributed by atoms with Gasteiger partial charge in [0.25, 0.3) is 5.91 Å². The summed E-state index contributed by atoms with van der Waals surface area (Å²) in [5.74, 6) is -1.09. The van der Waals surface area contributed by atoms with Crippen LogP contribution < -0.4 is 0 Å². The van der Waals surface area contributed by atoms with Gasteiger partial charge in [-0.2, -0.15) is 11.3 Å². The zero-order valence-electron chi connectivity index (χ0n) is 13.0. The van der Waals surface area contributed by atoms with Gasteiger partial charge in [0.1, 0.15) is 6.04 Å². The molecule has 0 unspecified atom stereocenters. The number of aliphatic carboxylic acids is 1. The van der Waals surface area contributed by atoms with Crippen LogP contribution in [-0.4, -0.2) is 58.4 Å². The zero-order chi connectivity index (χ0) is 16.6. The largest absolute Gasteiger partial charge is 0.480 e. The molecule has 2 saturated heterocycles. The van der Waals surface area contributed by atoms with Crippen LogP contribution in [0.4, 0.5) is 0 Å². The van der Waals surface area contributed by atoms with E-state index in [9.17, 15) is 19.5 Å². The smallest absolute Gasteiger partial charge is 0.326 e. The Hall–Kier alpha value is -1.89. The third-order valence-electron chi connectivity index (χ3n) is 5.08. The summed E-state index contributed by atoms with van der Waals surface area (Å²) in [5, 5.41) is 13.1. The minimum Gasteiger partial charge on any atom is -0.480 e. The fourth-order valence-electron chi connectivity index (χ4n) is 3.72. The zero-order valence-corrected chi connectivity index (χ0v) is 13.8. The third-order valence-corrected chi connectivity index (χ3v) is 5.76. The number of carbonyl (C=O) groups excluding carboxylic acids is 2. The highest BCUT2D eigenvalue weighted by Crippen LogP contribution is 2.43. The molecule has 0 aliphatic carbocycles. The van der Waals surface area contributed by atoms with Crippen LogP contribution in [0.2, 0.25) is 0 Å². The Morgan fingerprint density at radius 2 is 2.00 bits per heavy atom. The molecular weight excluding hydrogens is 316 g/mol. The first-order valence-electron chi connectivity index (χ1n) is 7.73. The lowest BCUT2D eigenvalue weighted by Crippen LogP contribution is -2.44. The van der Waals surface area contributed by atoms with Crippen molar-refractivity contribution in [2.24, 2.45) is 5.41 Å². The normalized spacial score (nSPS) is 23.3. The van der Waals surface area contributed by atoms with Gasteiger partial charge in [-0.05, 0) is 36.1 Å². The van der Waals surface area contributed by atoms with Gasteiger partial charge in [-0.3, -0.25) is 9.59 Å². The SMILES string of the molecule is CC(=O)N1CC2(CCN(C(=O)c3ccsc3)CC2)C[C@H]1C(=O)O. The van der Waals surface area contributed by atoms with Gasteiger partial charge < -0.3 is 14.9 Å². The Labute approximate surface area is 138 Å². The number of likely N-dealkylation sites (tertiary alicyclic amines) is 2. The van der Waals surface area contributed by atoms with Crippen molar-refractivity contribution in [3.8, 4) is 0 Å². The first kappa shape index (κ1) is 16.0. The molecule has 2 fully saturated rings. The lowest BCUT2D eigenvalue weighted by molar-refractivity contribution is -0.147. The van der Waals surface area contributed by atoms with E-state index >= 15 is 0 Å². The summed E-state index contributed by atoms with van der Waals surface area (Å²) in [7, 11) is 0. The maximum absolute atomic E-state index is 12.4. The van der Waals surface area contributed by atoms with Gasteiger partial charge in [0.2, 0.25) is 5.91 Å². The van der Waals surface area contributed by atoms with Gasteiger partial charge in [-0.25, -0.2) is 4.79 Å². The number of thiophene rings is 1. The van der Waals surface area contributed by atoms with E-state index in [1.165, 1.54) is 23.2 Å². The van der Waals surface area contributed by atoms with Crippen LogP contribution >= 0.6 is 11.3 Å². The number of carbonyl (C=O) groups is 3. The fraction of sp³-hybridized carbons (Fsp3) is 0.562. The molecule has 7 heteroatoms. The van der Waals surface area contributed by atoms with Crippen LogP contribution in [0.5, 0.6) is 0 Å². The second-order valence-corrected chi connectivity index (χ2v) is 7.29. The standard InChI is InChI=1S/C16H20N2O4S/c1-11(19)18-10-16(8-13(18)15(21)22)3-5-17(6-4-16)14(20)12-2-7-23-9-12/h2,7,9,13H,3-6,8,10H2,1H3,(H,21,22)/t13-/m0/s1. The fourth-order valence-corrected chi connectivity index (χ4v) is 4.35. The van der Waals surface area contributed by atoms with E-state index in [0.717, 1.165) is 12.8 Å². The highest BCUT2D eigenvalue weighted by molar-refractivity contribution is 7.08. The molecule has 3 heterocycles. The molecule has 1 aromatic rings. The molecule has 0 radical (unpaired) electrons. The van der Waals surface area contributed by atoms with Crippen molar-refractivity contribution in [3.63, 3.8) is 0 Å². The molecule has 0 saturated carbocycles. The lowest BCUT2D eigenvalue weighted by Gasteiger charge is -2.39. The minimum absolute atomic E-state index is 0.0392. The van der Waals surface area contributed by atoms with Gasteiger partial charge in [0, 0.05) is 31.9 Å². The summed E-state index contributed by atoms with van der Waals surface area (Å²) in [6.45, 7) is 3.14. The van der Waals surface area contributed by atoms with Gasteiger partial charge in [0.15, 0.2) is 0 Å². The Morgan fingerprint density at radius 3 is 2.48 bits per heavy atom. The second-order valence-electron chi connectivity index (χ2n) is 6.51. The van der Waals surface area contributed by atoms with Crippen molar-refractivity contribution in [2.75, 3.05) is 19.6 Å². The van der Waals surface area contributed by atoms with E-state index < -0.39 is 12.0 Å². The van der Waals surface area contributed by atoms with Gasteiger partial charge in [-0.1, -0.05) is 0 Å². The molecule has 1 atom stereocenters. The Bertz CT molecular complexity index is 596. The Kier molecular flexibility index (Phi) is 4.14. The summed E-state index contributed by atoms with van der Waals surface area (Å²) < 4.78 is 0. The van der Waals surface area contributed by atoms with Crippen molar-refractivity contribution in [2.45, 2.75) is 32.2 Å². The van der Waals surface area contributed by atoms with Gasteiger partial charge in [-0.15, -0.1) is 0 Å². The quantitative estimate of drug-likeness (QED) is 0.891. The second kappa shape index (κ2) is 5.96. The number of hydrogen-bond acceptors (Lipinski definition) is 4.